The normalized spacial score (nSPS) is 12.1. The molecule has 3 aromatic carbocycles. The van der Waals surface area contributed by atoms with E-state index in [2.05, 4.69) is 18.2 Å². The molecule has 0 fully saturated rings. The van der Waals surface area contributed by atoms with Crippen molar-refractivity contribution in [2.24, 2.45) is 5.73 Å². The Hall–Kier alpha value is -2.65. The van der Waals surface area contributed by atoms with Crippen molar-refractivity contribution in [3.05, 3.63) is 77.9 Å². The standard InChI is InChI=1S/C21H21NO2/c1-24-19-10-7-15(8-11-19)13-20(22)21(23)14-16-6-9-17-4-2-3-5-18(17)12-16/h2-12,20H,13-14,22H2,1H3. The molecule has 3 nitrogen and oxygen atoms in total. The Morgan fingerprint density at radius 2 is 1.62 bits per heavy atom. The Morgan fingerprint density at radius 1 is 0.958 bits per heavy atom. The number of benzene rings is 3. The minimum atomic E-state index is -0.495. The fourth-order valence-corrected chi connectivity index (χ4v) is 2.81. The topological polar surface area (TPSA) is 52.3 Å². The molecule has 0 saturated heterocycles. The second-order valence-corrected chi connectivity index (χ2v) is 5.98. The van der Waals surface area contributed by atoms with Crippen LogP contribution < -0.4 is 10.5 Å². The van der Waals surface area contributed by atoms with Gasteiger partial charge in [-0.1, -0.05) is 54.6 Å². The summed E-state index contributed by atoms with van der Waals surface area (Å²) in [6.45, 7) is 0. The van der Waals surface area contributed by atoms with Gasteiger partial charge in [-0.2, -0.15) is 0 Å². The number of carbonyl (C=O) groups excluding carboxylic acids is 1. The lowest BCUT2D eigenvalue weighted by Crippen LogP contribution is -2.33. The van der Waals surface area contributed by atoms with E-state index in [0.717, 1.165) is 22.3 Å². The second kappa shape index (κ2) is 7.28. The molecular formula is C21H21NO2. The van der Waals surface area contributed by atoms with Gasteiger partial charge in [-0.15, -0.1) is 0 Å². The molecule has 2 N–H and O–H groups in total. The van der Waals surface area contributed by atoms with E-state index in [9.17, 15) is 4.79 Å². The van der Waals surface area contributed by atoms with E-state index in [0.29, 0.717) is 12.8 Å². The van der Waals surface area contributed by atoms with Crippen LogP contribution in [0, 0.1) is 0 Å². The molecule has 0 bridgehead atoms. The van der Waals surface area contributed by atoms with Gasteiger partial charge in [0.1, 0.15) is 5.75 Å². The first kappa shape index (κ1) is 16.2. The number of methoxy groups -OCH3 is 1. The summed E-state index contributed by atoms with van der Waals surface area (Å²) in [6.07, 6.45) is 0.901. The first-order valence-electron chi connectivity index (χ1n) is 8.04. The molecule has 0 radical (unpaired) electrons. The van der Waals surface area contributed by atoms with E-state index in [1.165, 1.54) is 5.39 Å². The lowest BCUT2D eigenvalue weighted by molar-refractivity contribution is -0.119. The first-order valence-corrected chi connectivity index (χ1v) is 8.04. The number of hydrogen-bond acceptors (Lipinski definition) is 3. The minimum absolute atomic E-state index is 0.0566. The van der Waals surface area contributed by atoms with Gasteiger partial charge in [-0.05, 0) is 40.5 Å². The lowest BCUT2D eigenvalue weighted by atomic mass is 9.97. The van der Waals surface area contributed by atoms with Gasteiger partial charge in [0.15, 0.2) is 5.78 Å². The average molecular weight is 319 g/mol. The predicted molar refractivity (Wildman–Crippen MR) is 97.3 cm³/mol. The number of ketones is 1. The second-order valence-electron chi connectivity index (χ2n) is 5.98. The van der Waals surface area contributed by atoms with E-state index >= 15 is 0 Å². The van der Waals surface area contributed by atoms with Crippen LogP contribution >= 0.6 is 0 Å². The van der Waals surface area contributed by atoms with Crippen molar-refractivity contribution in [1.29, 1.82) is 0 Å². The molecule has 3 aromatic rings. The maximum Gasteiger partial charge on any atom is 0.154 e. The molecule has 0 aromatic heterocycles. The third kappa shape index (κ3) is 3.81. The summed E-state index contributed by atoms with van der Waals surface area (Å²) in [7, 11) is 1.63. The highest BCUT2D eigenvalue weighted by molar-refractivity contribution is 5.88. The summed E-state index contributed by atoms with van der Waals surface area (Å²) in [5.74, 6) is 0.857. The molecule has 0 saturated carbocycles. The molecule has 0 aliphatic carbocycles. The van der Waals surface area contributed by atoms with Crippen LogP contribution in [0.25, 0.3) is 10.8 Å². The lowest BCUT2D eigenvalue weighted by Gasteiger charge is -2.12. The van der Waals surface area contributed by atoms with Gasteiger partial charge in [0, 0.05) is 6.42 Å². The Balaban J connectivity index is 1.66. The van der Waals surface area contributed by atoms with Crippen molar-refractivity contribution in [1.82, 2.24) is 0 Å². The van der Waals surface area contributed by atoms with Crippen molar-refractivity contribution in [2.75, 3.05) is 7.11 Å². The molecule has 0 amide bonds. The van der Waals surface area contributed by atoms with E-state index in [1.807, 2.05) is 48.5 Å². The smallest absolute Gasteiger partial charge is 0.154 e. The van der Waals surface area contributed by atoms with E-state index in [-0.39, 0.29) is 5.78 Å². The number of fused-ring (bicyclic) bond motifs is 1. The van der Waals surface area contributed by atoms with Gasteiger partial charge < -0.3 is 10.5 Å². The average Bonchev–Trinajstić information content (AvgIpc) is 2.62. The maximum absolute atomic E-state index is 12.4. The molecule has 3 rings (SSSR count). The first-order chi connectivity index (χ1) is 11.7. The zero-order valence-corrected chi connectivity index (χ0v) is 13.7. The van der Waals surface area contributed by atoms with Gasteiger partial charge in [-0.3, -0.25) is 4.79 Å². The minimum Gasteiger partial charge on any atom is -0.497 e. The summed E-state index contributed by atoms with van der Waals surface area (Å²) in [4.78, 5) is 12.4. The van der Waals surface area contributed by atoms with Crippen LogP contribution in [-0.2, 0) is 17.6 Å². The van der Waals surface area contributed by atoms with Gasteiger partial charge in [0.25, 0.3) is 0 Å². The number of hydrogen-bond donors (Lipinski definition) is 1. The molecule has 122 valence electrons. The molecule has 0 aliphatic heterocycles. The van der Waals surface area contributed by atoms with Crippen molar-refractivity contribution in [2.45, 2.75) is 18.9 Å². The number of nitrogens with two attached hydrogens (primary N) is 1. The van der Waals surface area contributed by atoms with Crippen molar-refractivity contribution in [3.8, 4) is 5.75 Å². The zero-order valence-electron chi connectivity index (χ0n) is 13.7. The summed E-state index contributed by atoms with van der Waals surface area (Å²) in [5.41, 5.74) is 8.14. The third-order valence-electron chi connectivity index (χ3n) is 4.22. The Labute approximate surface area is 142 Å². The van der Waals surface area contributed by atoms with Crippen molar-refractivity contribution in [3.63, 3.8) is 0 Å². The summed E-state index contributed by atoms with van der Waals surface area (Å²) >= 11 is 0. The van der Waals surface area contributed by atoms with Crippen LogP contribution in [0.5, 0.6) is 5.75 Å². The Bertz CT molecular complexity index is 840. The largest absolute Gasteiger partial charge is 0.497 e. The van der Waals surface area contributed by atoms with Crippen LogP contribution in [0.4, 0.5) is 0 Å². The molecule has 0 aliphatic rings. The quantitative estimate of drug-likeness (QED) is 0.756. The number of ether oxygens (including phenoxy) is 1. The predicted octanol–water partition coefficient (Wildman–Crippen LogP) is 3.53. The highest BCUT2D eigenvalue weighted by Crippen LogP contribution is 2.17. The molecular weight excluding hydrogens is 298 g/mol. The Morgan fingerprint density at radius 3 is 2.33 bits per heavy atom. The monoisotopic (exact) mass is 319 g/mol. The van der Waals surface area contributed by atoms with Gasteiger partial charge in [-0.25, -0.2) is 0 Å². The van der Waals surface area contributed by atoms with Gasteiger partial charge in [0.2, 0.25) is 0 Å². The third-order valence-corrected chi connectivity index (χ3v) is 4.22. The summed E-state index contributed by atoms with van der Waals surface area (Å²) in [6, 6.07) is 21.4. The van der Waals surface area contributed by atoms with E-state index in [1.54, 1.807) is 7.11 Å². The molecule has 0 heterocycles. The molecule has 1 atom stereocenters. The van der Waals surface area contributed by atoms with Crippen LogP contribution in [0.2, 0.25) is 0 Å². The van der Waals surface area contributed by atoms with Gasteiger partial charge >= 0.3 is 0 Å². The van der Waals surface area contributed by atoms with Gasteiger partial charge in [0.05, 0.1) is 13.2 Å². The maximum atomic E-state index is 12.4. The van der Waals surface area contributed by atoms with Crippen LogP contribution in [0.15, 0.2) is 66.7 Å². The summed E-state index contributed by atoms with van der Waals surface area (Å²) in [5, 5.41) is 2.32. The highest BCUT2D eigenvalue weighted by atomic mass is 16.5. The fourth-order valence-electron chi connectivity index (χ4n) is 2.81. The van der Waals surface area contributed by atoms with E-state index < -0.39 is 6.04 Å². The number of carbonyl (C=O) groups is 1. The van der Waals surface area contributed by atoms with E-state index in [4.69, 9.17) is 10.5 Å². The number of Topliss-reactive ketones (excluding diaryl/α,β-unsaturated/α-hetero) is 1. The zero-order chi connectivity index (χ0) is 16.9. The van der Waals surface area contributed by atoms with Crippen molar-refractivity contribution < 1.29 is 9.53 Å². The van der Waals surface area contributed by atoms with Crippen LogP contribution in [-0.4, -0.2) is 18.9 Å². The highest BCUT2D eigenvalue weighted by Gasteiger charge is 2.15. The molecule has 1 unspecified atom stereocenters. The Kier molecular flexibility index (Phi) is 4.92. The number of rotatable bonds is 6. The van der Waals surface area contributed by atoms with Crippen LogP contribution in [0.1, 0.15) is 11.1 Å². The summed E-state index contributed by atoms with van der Waals surface area (Å²) < 4.78 is 5.14. The fraction of sp³-hybridized carbons (Fsp3) is 0.190. The SMILES string of the molecule is COc1ccc(CC(N)C(=O)Cc2ccc3ccccc3c2)cc1. The molecule has 24 heavy (non-hydrogen) atoms. The molecule has 3 heteroatoms. The van der Waals surface area contributed by atoms with Crippen LogP contribution in [0.3, 0.4) is 0 Å². The molecule has 0 spiro atoms. The van der Waals surface area contributed by atoms with Crippen molar-refractivity contribution >= 4 is 16.6 Å².